The van der Waals surface area contributed by atoms with E-state index in [-0.39, 0.29) is 10.6 Å². The smallest absolute Gasteiger partial charge is 0.131 e. The predicted molar refractivity (Wildman–Crippen MR) is 87.6 cm³/mol. The molecule has 108 valence electrons. The van der Waals surface area contributed by atoms with E-state index in [4.69, 9.17) is 4.42 Å². The zero-order valence-corrected chi connectivity index (χ0v) is 13.8. The summed E-state index contributed by atoms with van der Waals surface area (Å²) >= 11 is 3.77. The predicted octanol–water partition coefficient (Wildman–Crippen LogP) is 5.98. The molecule has 2 aromatic carbocycles. The molecule has 0 bridgehead atoms. The molecular weight excluding hydrogens is 331 g/mol. The summed E-state index contributed by atoms with van der Waals surface area (Å²) in [7, 11) is 0. The van der Waals surface area contributed by atoms with Gasteiger partial charge < -0.3 is 4.42 Å². The van der Waals surface area contributed by atoms with Crippen molar-refractivity contribution in [2.75, 3.05) is 0 Å². The Morgan fingerprint density at radius 2 is 1.62 bits per heavy atom. The average Bonchev–Trinajstić information content (AvgIpc) is 2.72. The van der Waals surface area contributed by atoms with Crippen molar-refractivity contribution in [2.45, 2.75) is 25.6 Å². The van der Waals surface area contributed by atoms with Gasteiger partial charge in [-0.25, -0.2) is 4.39 Å². The van der Waals surface area contributed by atoms with Crippen LogP contribution in [0.4, 0.5) is 4.39 Å². The Bertz CT molecular complexity index is 819. The number of rotatable bonds is 2. The maximum atomic E-state index is 14.0. The van der Waals surface area contributed by atoms with Gasteiger partial charge >= 0.3 is 0 Å². The van der Waals surface area contributed by atoms with E-state index >= 15 is 0 Å². The van der Waals surface area contributed by atoms with E-state index in [1.807, 2.05) is 44.2 Å². The molecule has 21 heavy (non-hydrogen) atoms. The molecule has 0 saturated heterocycles. The Morgan fingerprint density at radius 1 is 0.952 bits per heavy atom. The van der Waals surface area contributed by atoms with Gasteiger partial charge in [-0.3, -0.25) is 0 Å². The van der Waals surface area contributed by atoms with E-state index in [0.717, 1.165) is 33.6 Å². The Balaban J connectivity index is 2.23. The van der Waals surface area contributed by atoms with Crippen molar-refractivity contribution >= 4 is 26.7 Å². The van der Waals surface area contributed by atoms with Crippen LogP contribution in [-0.2, 0) is 0 Å². The summed E-state index contributed by atoms with van der Waals surface area (Å²) in [6.45, 7) is 5.99. The molecule has 1 heterocycles. The van der Waals surface area contributed by atoms with E-state index in [9.17, 15) is 4.39 Å². The minimum absolute atomic E-state index is 0.0135. The molecule has 0 saturated carbocycles. The van der Waals surface area contributed by atoms with Crippen molar-refractivity contribution in [3.05, 3.63) is 70.4 Å². The number of hydrogen-bond acceptors (Lipinski definition) is 1. The van der Waals surface area contributed by atoms with Crippen LogP contribution in [0.15, 0.2) is 40.8 Å². The van der Waals surface area contributed by atoms with Gasteiger partial charge in [-0.15, -0.1) is 0 Å². The molecule has 0 aliphatic carbocycles. The molecule has 1 unspecified atom stereocenters. The van der Waals surface area contributed by atoms with Crippen molar-refractivity contribution in [3.8, 4) is 0 Å². The summed E-state index contributed by atoms with van der Waals surface area (Å²) in [5.74, 6) is 1.64. The fraction of sp³-hybridized carbons (Fsp3) is 0.222. The van der Waals surface area contributed by atoms with Crippen LogP contribution in [0.3, 0.4) is 0 Å². The van der Waals surface area contributed by atoms with E-state index in [1.54, 1.807) is 0 Å². The monoisotopic (exact) mass is 346 g/mol. The van der Waals surface area contributed by atoms with E-state index in [1.165, 1.54) is 6.07 Å². The molecular formula is C18H16BrFO. The first-order chi connectivity index (χ1) is 10.0. The highest BCUT2D eigenvalue weighted by Gasteiger charge is 2.22. The Labute approximate surface area is 131 Å². The lowest BCUT2D eigenvalue weighted by atomic mass is 9.96. The SMILES string of the molecule is Cc1oc(C)c(C(Br)c2ccc(F)c3ccccc23)c1C. The Morgan fingerprint density at radius 3 is 2.24 bits per heavy atom. The molecule has 0 N–H and O–H groups in total. The molecule has 3 rings (SSSR count). The Kier molecular flexibility index (Phi) is 3.62. The van der Waals surface area contributed by atoms with Crippen LogP contribution >= 0.6 is 15.9 Å². The minimum Gasteiger partial charge on any atom is -0.466 e. The quantitative estimate of drug-likeness (QED) is 0.520. The lowest BCUT2D eigenvalue weighted by molar-refractivity contribution is 0.500. The van der Waals surface area contributed by atoms with Gasteiger partial charge in [0, 0.05) is 10.9 Å². The van der Waals surface area contributed by atoms with Crippen LogP contribution < -0.4 is 0 Å². The Hall–Kier alpha value is -1.61. The number of halogens is 2. The lowest BCUT2D eigenvalue weighted by Gasteiger charge is -2.14. The van der Waals surface area contributed by atoms with E-state index in [0.29, 0.717) is 5.39 Å². The number of alkyl halides is 1. The molecule has 0 fully saturated rings. The zero-order chi connectivity index (χ0) is 15.1. The standard InChI is InChI=1S/C18H16BrFO/c1-10-11(2)21-12(3)17(10)18(19)15-8-9-16(20)14-7-5-4-6-13(14)15/h4-9,18H,1-3H3. The first kappa shape index (κ1) is 14.3. The molecule has 1 nitrogen and oxygen atoms in total. The highest BCUT2D eigenvalue weighted by Crippen LogP contribution is 2.40. The van der Waals surface area contributed by atoms with Gasteiger partial charge in [-0.05, 0) is 43.4 Å². The number of aryl methyl sites for hydroxylation is 2. The molecule has 3 aromatic rings. The van der Waals surface area contributed by atoms with Crippen LogP contribution in [0.25, 0.3) is 10.8 Å². The number of benzene rings is 2. The van der Waals surface area contributed by atoms with Gasteiger partial charge in [-0.1, -0.05) is 46.3 Å². The average molecular weight is 347 g/mol. The van der Waals surface area contributed by atoms with Crippen LogP contribution in [0.2, 0.25) is 0 Å². The molecule has 1 atom stereocenters. The van der Waals surface area contributed by atoms with Crippen molar-refractivity contribution < 1.29 is 8.81 Å². The second-order valence-corrected chi connectivity index (χ2v) is 6.21. The van der Waals surface area contributed by atoms with E-state index in [2.05, 4.69) is 22.9 Å². The van der Waals surface area contributed by atoms with Crippen molar-refractivity contribution in [1.82, 2.24) is 0 Å². The van der Waals surface area contributed by atoms with Crippen molar-refractivity contribution in [1.29, 1.82) is 0 Å². The summed E-state index contributed by atoms with van der Waals surface area (Å²) in [4.78, 5) is -0.0135. The fourth-order valence-electron chi connectivity index (χ4n) is 2.85. The molecule has 1 aromatic heterocycles. The third-order valence-electron chi connectivity index (χ3n) is 4.05. The highest BCUT2D eigenvalue weighted by molar-refractivity contribution is 9.09. The molecule has 0 spiro atoms. The van der Waals surface area contributed by atoms with Crippen LogP contribution in [0.5, 0.6) is 0 Å². The summed E-state index contributed by atoms with van der Waals surface area (Å²) in [6.07, 6.45) is 0. The second-order valence-electron chi connectivity index (χ2n) is 5.30. The van der Waals surface area contributed by atoms with Gasteiger partial charge in [0.05, 0.1) is 4.83 Å². The zero-order valence-electron chi connectivity index (χ0n) is 12.2. The van der Waals surface area contributed by atoms with Crippen LogP contribution in [-0.4, -0.2) is 0 Å². The van der Waals surface area contributed by atoms with Crippen molar-refractivity contribution in [3.63, 3.8) is 0 Å². The molecule has 0 amide bonds. The van der Waals surface area contributed by atoms with E-state index < -0.39 is 0 Å². The fourth-order valence-corrected chi connectivity index (χ4v) is 3.91. The van der Waals surface area contributed by atoms with Gasteiger partial charge in [0.15, 0.2) is 0 Å². The van der Waals surface area contributed by atoms with Gasteiger partial charge in [0.2, 0.25) is 0 Å². The first-order valence-electron chi connectivity index (χ1n) is 6.88. The number of fused-ring (bicyclic) bond motifs is 1. The molecule has 3 heteroatoms. The first-order valence-corrected chi connectivity index (χ1v) is 7.80. The summed E-state index contributed by atoms with van der Waals surface area (Å²) < 4.78 is 19.7. The van der Waals surface area contributed by atoms with Gasteiger partial charge in [0.1, 0.15) is 17.3 Å². The van der Waals surface area contributed by atoms with Crippen LogP contribution in [0.1, 0.15) is 33.0 Å². The normalized spacial score (nSPS) is 12.8. The molecule has 0 aliphatic heterocycles. The topological polar surface area (TPSA) is 13.1 Å². The maximum Gasteiger partial charge on any atom is 0.131 e. The number of hydrogen-bond donors (Lipinski definition) is 0. The van der Waals surface area contributed by atoms with Gasteiger partial charge in [0.25, 0.3) is 0 Å². The summed E-state index contributed by atoms with van der Waals surface area (Å²) in [5, 5.41) is 1.58. The second kappa shape index (κ2) is 5.30. The summed E-state index contributed by atoms with van der Waals surface area (Å²) in [6, 6.07) is 10.9. The maximum absolute atomic E-state index is 14.0. The minimum atomic E-state index is -0.189. The third kappa shape index (κ3) is 2.30. The summed E-state index contributed by atoms with van der Waals surface area (Å²) in [5.41, 5.74) is 3.33. The third-order valence-corrected chi connectivity index (χ3v) is 5.00. The van der Waals surface area contributed by atoms with Gasteiger partial charge in [-0.2, -0.15) is 0 Å². The molecule has 0 radical (unpaired) electrons. The number of furan rings is 1. The lowest BCUT2D eigenvalue weighted by Crippen LogP contribution is -1.98. The molecule has 0 aliphatic rings. The van der Waals surface area contributed by atoms with Crippen molar-refractivity contribution in [2.24, 2.45) is 0 Å². The highest BCUT2D eigenvalue weighted by atomic mass is 79.9. The largest absolute Gasteiger partial charge is 0.466 e. The van der Waals surface area contributed by atoms with Crippen LogP contribution in [0, 0.1) is 26.6 Å².